The van der Waals surface area contributed by atoms with Crippen molar-refractivity contribution in [3.8, 4) is 0 Å². The Hall–Kier alpha value is 0. The Morgan fingerprint density at radius 1 is 0.588 bits per heavy atom. The predicted octanol–water partition coefficient (Wildman–Crippen LogP) is 6.45. The van der Waals surface area contributed by atoms with Gasteiger partial charge in [-0.2, -0.15) is 0 Å². The molecule has 0 atom stereocenters. The van der Waals surface area contributed by atoms with Gasteiger partial charge in [0.05, 0.1) is 0 Å². The molecule has 0 aliphatic carbocycles. The summed E-state index contributed by atoms with van der Waals surface area (Å²) in [5, 5.41) is 0. The van der Waals surface area contributed by atoms with Crippen LogP contribution in [0.1, 0.15) is 93.9 Å². The molecule has 0 heterocycles. The number of hydrogen-bond acceptors (Lipinski definition) is 0. The standard InChI is InChI=1S/C17H36/c1-9-11-12-14-17(13-10-2,15(3,4)5)16(6,7)8/h9-14H2,1-8H3. The molecule has 0 bridgehead atoms. The smallest absolute Gasteiger partial charge is 0.0200 e. The second-order valence-corrected chi connectivity index (χ2v) is 7.79. The minimum atomic E-state index is 0.398. The monoisotopic (exact) mass is 240 g/mol. The van der Waals surface area contributed by atoms with Crippen LogP contribution in [0.2, 0.25) is 0 Å². The molecule has 104 valence electrons. The van der Waals surface area contributed by atoms with Gasteiger partial charge in [-0.25, -0.2) is 0 Å². The average Bonchev–Trinajstić information content (AvgIpc) is 2.13. The molecule has 0 rings (SSSR count). The first-order chi connectivity index (χ1) is 7.62. The molecule has 0 heteroatoms. The van der Waals surface area contributed by atoms with Gasteiger partial charge in [-0.1, -0.05) is 81.1 Å². The van der Waals surface area contributed by atoms with E-state index in [-0.39, 0.29) is 0 Å². The Morgan fingerprint density at radius 3 is 1.35 bits per heavy atom. The van der Waals surface area contributed by atoms with Gasteiger partial charge < -0.3 is 0 Å². The third-order valence-corrected chi connectivity index (χ3v) is 4.76. The van der Waals surface area contributed by atoms with Crippen molar-refractivity contribution in [2.24, 2.45) is 16.2 Å². The van der Waals surface area contributed by atoms with Crippen LogP contribution in [0.15, 0.2) is 0 Å². The zero-order chi connectivity index (χ0) is 13.7. The van der Waals surface area contributed by atoms with E-state index in [1.54, 1.807) is 0 Å². The van der Waals surface area contributed by atoms with Gasteiger partial charge in [0.2, 0.25) is 0 Å². The van der Waals surface area contributed by atoms with Crippen LogP contribution >= 0.6 is 0 Å². The SMILES string of the molecule is CCCCCC(CCC)(C(C)(C)C)C(C)(C)C. The fraction of sp³-hybridized carbons (Fsp3) is 1.00. The molecule has 0 N–H and O–H groups in total. The normalized spacial score (nSPS) is 14.1. The first-order valence-corrected chi connectivity index (χ1v) is 7.62. The van der Waals surface area contributed by atoms with Gasteiger partial charge in [-0.05, 0) is 29.1 Å². The molecule has 0 spiro atoms. The summed E-state index contributed by atoms with van der Waals surface area (Å²) in [7, 11) is 0. The van der Waals surface area contributed by atoms with E-state index in [1.807, 2.05) is 0 Å². The molecule has 0 nitrogen and oxygen atoms in total. The first-order valence-electron chi connectivity index (χ1n) is 7.62. The Balaban J connectivity index is 5.12. The Morgan fingerprint density at radius 2 is 1.06 bits per heavy atom. The van der Waals surface area contributed by atoms with Crippen LogP contribution in [-0.2, 0) is 0 Å². The fourth-order valence-electron chi connectivity index (χ4n) is 3.85. The molecule has 0 aromatic rings. The van der Waals surface area contributed by atoms with E-state index in [0.717, 1.165) is 0 Å². The van der Waals surface area contributed by atoms with E-state index >= 15 is 0 Å². The predicted molar refractivity (Wildman–Crippen MR) is 80.4 cm³/mol. The van der Waals surface area contributed by atoms with Crippen molar-refractivity contribution in [2.75, 3.05) is 0 Å². The van der Waals surface area contributed by atoms with E-state index in [2.05, 4.69) is 55.4 Å². The lowest BCUT2D eigenvalue weighted by molar-refractivity contribution is -0.0506. The fourth-order valence-corrected chi connectivity index (χ4v) is 3.85. The molecule has 0 amide bonds. The van der Waals surface area contributed by atoms with Crippen LogP contribution in [0.25, 0.3) is 0 Å². The number of rotatable bonds is 6. The minimum absolute atomic E-state index is 0.398. The molecule has 0 aromatic heterocycles. The molecule has 0 aliphatic rings. The van der Waals surface area contributed by atoms with Crippen LogP contribution in [0, 0.1) is 16.2 Å². The summed E-state index contributed by atoms with van der Waals surface area (Å²) in [5.41, 5.74) is 1.27. The van der Waals surface area contributed by atoms with Crippen molar-refractivity contribution >= 4 is 0 Å². The van der Waals surface area contributed by atoms with E-state index in [0.29, 0.717) is 16.2 Å². The molecule has 0 saturated carbocycles. The van der Waals surface area contributed by atoms with Crippen molar-refractivity contribution in [2.45, 2.75) is 93.9 Å². The highest BCUT2D eigenvalue weighted by atomic mass is 14.5. The van der Waals surface area contributed by atoms with E-state index in [4.69, 9.17) is 0 Å². The summed E-state index contributed by atoms with van der Waals surface area (Å²) >= 11 is 0. The molecule has 17 heavy (non-hydrogen) atoms. The van der Waals surface area contributed by atoms with Crippen LogP contribution in [-0.4, -0.2) is 0 Å². The van der Waals surface area contributed by atoms with Crippen LogP contribution < -0.4 is 0 Å². The lowest BCUT2D eigenvalue weighted by Crippen LogP contribution is -2.46. The van der Waals surface area contributed by atoms with E-state index in [1.165, 1.54) is 38.5 Å². The summed E-state index contributed by atoms with van der Waals surface area (Å²) in [6.45, 7) is 19.3. The largest absolute Gasteiger partial charge is 0.0654 e. The quantitative estimate of drug-likeness (QED) is 0.468. The van der Waals surface area contributed by atoms with Gasteiger partial charge >= 0.3 is 0 Å². The van der Waals surface area contributed by atoms with Gasteiger partial charge in [0.15, 0.2) is 0 Å². The van der Waals surface area contributed by atoms with Crippen molar-refractivity contribution in [3.63, 3.8) is 0 Å². The summed E-state index contributed by atoms with van der Waals surface area (Å²) in [5.74, 6) is 0. The Bertz CT molecular complexity index is 185. The topological polar surface area (TPSA) is 0 Å². The van der Waals surface area contributed by atoms with Crippen molar-refractivity contribution in [1.82, 2.24) is 0 Å². The second-order valence-electron chi connectivity index (χ2n) is 7.79. The molecular formula is C17H36. The highest BCUT2D eigenvalue weighted by molar-refractivity contribution is 4.98. The van der Waals surface area contributed by atoms with E-state index in [9.17, 15) is 0 Å². The molecule has 0 unspecified atom stereocenters. The third-order valence-electron chi connectivity index (χ3n) is 4.76. The zero-order valence-electron chi connectivity index (χ0n) is 13.7. The maximum Gasteiger partial charge on any atom is -0.0200 e. The van der Waals surface area contributed by atoms with Crippen LogP contribution in [0.5, 0.6) is 0 Å². The third kappa shape index (κ3) is 4.00. The summed E-state index contributed by atoms with van der Waals surface area (Å²) in [4.78, 5) is 0. The zero-order valence-corrected chi connectivity index (χ0v) is 13.7. The number of hydrogen-bond donors (Lipinski definition) is 0. The van der Waals surface area contributed by atoms with Gasteiger partial charge in [-0.15, -0.1) is 0 Å². The lowest BCUT2D eigenvalue weighted by Gasteiger charge is -2.54. The molecule has 0 aliphatic heterocycles. The van der Waals surface area contributed by atoms with Gasteiger partial charge in [0.25, 0.3) is 0 Å². The van der Waals surface area contributed by atoms with Crippen molar-refractivity contribution < 1.29 is 0 Å². The molecular weight excluding hydrogens is 204 g/mol. The van der Waals surface area contributed by atoms with Gasteiger partial charge in [0, 0.05) is 0 Å². The molecule has 0 saturated heterocycles. The van der Waals surface area contributed by atoms with Crippen molar-refractivity contribution in [1.29, 1.82) is 0 Å². The minimum Gasteiger partial charge on any atom is -0.0654 e. The van der Waals surface area contributed by atoms with Crippen molar-refractivity contribution in [3.05, 3.63) is 0 Å². The van der Waals surface area contributed by atoms with Crippen LogP contribution in [0.3, 0.4) is 0 Å². The first kappa shape index (κ1) is 17.0. The Kier molecular flexibility index (Phi) is 6.25. The maximum absolute atomic E-state index is 2.44. The average molecular weight is 240 g/mol. The van der Waals surface area contributed by atoms with Gasteiger partial charge in [0.1, 0.15) is 0 Å². The summed E-state index contributed by atoms with van der Waals surface area (Å²) in [6, 6.07) is 0. The highest BCUT2D eigenvalue weighted by Crippen LogP contribution is 2.57. The van der Waals surface area contributed by atoms with Crippen LogP contribution in [0.4, 0.5) is 0 Å². The summed E-state index contributed by atoms with van der Waals surface area (Å²) < 4.78 is 0. The highest BCUT2D eigenvalue weighted by Gasteiger charge is 2.48. The second kappa shape index (κ2) is 6.25. The molecule has 0 radical (unpaired) electrons. The van der Waals surface area contributed by atoms with E-state index < -0.39 is 0 Å². The maximum atomic E-state index is 2.44. The molecule has 0 fully saturated rings. The molecule has 0 aromatic carbocycles. The summed E-state index contributed by atoms with van der Waals surface area (Å²) in [6.07, 6.45) is 8.17. The Labute approximate surface area is 111 Å². The lowest BCUT2D eigenvalue weighted by atomic mass is 9.50. The van der Waals surface area contributed by atoms with Gasteiger partial charge in [-0.3, -0.25) is 0 Å². The number of unbranched alkanes of at least 4 members (excludes halogenated alkanes) is 2.